The van der Waals surface area contributed by atoms with Crippen LogP contribution in [0, 0.1) is 0 Å². The van der Waals surface area contributed by atoms with Crippen molar-refractivity contribution >= 4 is 23.8 Å². The van der Waals surface area contributed by atoms with Gasteiger partial charge < -0.3 is 15.1 Å². The van der Waals surface area contributed by atoms with E-state index in [1.807, 2.05) is 42.5 Å². The minimum atomic E-state index is -0.0599. The van der Waals surface area contributed by atoms with Gasteiger partial charge in [-0.15, -0.1) is 0 Å². The number of nitrogens with one attached hydrogen (secondary N) is 1. The van der Waals surface area contributed by atoms with Crippen molar-refractivity contribution in [3.8, 4) is 0 Å². The van der Waals surface area contributed by atoms with Gasteiger partial charge in [0.1, 0.15) is 5.82 Å². The summed E-state index contributed by atoms with van der Waals surface area (Å²) in [6.07, 6.45) is 2.90. The van der Waals surface area contributed by atoms with Gasteiger partial charge in [0.25, 0.3) is 0 Å². The van der Waals surface area contributed by atoms with Crippen LogP contribution in [0.4, 0.5) is 11.5 Å². The van der Waals surface area contributed by atoms with E-state index in [0.29, 0.717) is 25.2 Å². The highest BCUT2D eigenvalue weighted by Crippen LogP contribution is 2.16. The summed E-state index contributed by atoms with van der Waals surface area (Å²) in [5.41, 5.74) is 1.67. The average Bonchev–Trinajstić information content (AvgIpc) is 2.63. The molecule has 0 saturated carbocycles. The zero-order valence-corrected chi connectivity index (χ0v) is 13.4. The van der Waals surface area contributed by atoms with E-state index in [1.165, 1.54) is 0 Å². The van der Waals surface area contributed by atoms with Crippen molar-refractivity contribution in [3.63, 3.8) is 0 Å². The third-order valence-electron chi connectivity index (χ3n) is 4.03. The fourth-order valence-electron chi connectivity index (χ4n) is 2.69. The maximum absolute atomic E-state index is 12.0. The molecule has 2 amide bonds. The van der Waals surface area contributed by atoms with Crippen LogP contribution in [0.1, 0.15) is 5.56 Å². The number of nitrogens with zero attached hydrogens (tertiary/aromatic N) is 3. The van der Waals surface area contributed by atoms with Crippen molar-refractivity contribution in [2.45, 2.75) is 6.42 Å². The number of pyridine rings is 1. The minimum absolute atomic E-state index is 0.0599. The molecule has 2 heterocycles. The first-order chi connectivity index (χ1) is 11.7. The van der Waals surface area contributed by atoms with E-state index in [-0.39, 0.29) is 5.91 Å². The highest BCUT2D eigenvalue weighted by molar-refractivity contribution is 5.92. The molecule has 0 spiro atoms. The number of aromatic nitrogens is 1. The molecule has 1 saturated heterocycles. The molecule has 1 aliphatic heterocycles. The summed E-state index contributed by atoms with van der Waals surface area (Å²) in [5, 5.41) is 2.86. The van der Waals surface area contributed by atoms with E-state index >= 15 is 0 Å². The molecule has 1 N–H and O–H groups in total. The molecular weight excluding hydrogens is 304 g/mol. The Balaban J connectivity index is 1.55. The highest BCUT2D eigenvalue weighted by atomic mass is 16.1. The predicted octanol–water partition coefficient (Wildman–Crippen LogP) is 1.54. The topological polar surface area (TPSA) is 65.5 Å². The standard InChI is InChI=1S/C18H20N4O2/c23-14-21-8-10-22(11-9-21)17-7-6-16(13-19-17)20-18(24)12-15-4-2-1-3-5-15/h1-7,13-14H,8-12H2,(H,20,24). The molecule has 1 aromatic heterocycles. The van der Waals surface area contributed by atoms with Crippen molar-refractivity contribution in [2.24, 2.45) is 0 Å². The first-order valence-corrected chi connectivity index (χ1v) is 7.99. The quantitative estimate of drug-likeness (QED) is 0.848. The third-order valence-corrected chi connectivity index (χ3v) is 4.03. The van der Waals surface area contributed by atoms with Crippen LogP contribution >= 0.6 is 0 Å². The molecule has 0 bridgehead atoms. The zero-order chi connectivity index (χ0) is 16.8. The van der Waals surface area contributed by atoms with Crippen molar-refractivity contribution < 1.29 is 9.59 Å². The van der Waals surface area contributed by atoms with Crippen LogP contribution in [0.2, 0.25) is 0 Å². The Morgan fingerprint density at radius 3 is 2.46 bits per heavy atom. The van der Waals surface area contributed by atoms with Crippen LogP contribution in [0.3, 0.4) is 0 Å². The monoisotopic (exact) mass is 324 g/mol. The molecule has 0 atom stereocenters. The van der Waals surface area contributed by atoms with Crippen molar-refractivity contribution in [1.29, 1.82) is 0 Å². The molecule has 6 nitrogen and oxygen atoms in total. The Morgan fingerprint density at radius 2 is 1.83 bits per heavy atom. The Hall–Kier alpha value is -2.89. The molecule has 24 heavy (non-hydrogen) atoms. The van der Waals surface area contributed by atoms with Crippen LogP contribution in [0.5, 0.6) is 0 Å². The SMILES string of the molecule is O=CN1CCN(c2ccc(NC(=O)Cc3ccccc3)cn2)CC1. The van der Waals surface area contributed by atoms with E-state index in [0.717, 1.165) is 30.9 Å². The second-order valence-corrected chi connectivity index (χ2v) is 5.74. The molecule has 1 aliphatic rings. The summed E-state index contributed by atoms with van der Waals surface area (Å²) in [6, 6.07) is 13.4. The van der Waals surface area contributed by atoms with Crippen molar-refractivity contribution in [2.75, 3.05) is 36.4 Å². The van der Waals surface area contributed by atoms with Crippen molar-refractivity contribution in [1.82, 2.24) is 9.88 Å². The summed E-state index contributed by atoms with van der Waals surface area (Å²) in [4.78, 5) is 31.1. The largest absolute Gasteiger partial charge is 0.353 e. The Labute approximate surface area is 141 Å². The van der Waals surface area contributed by atoms with Crippen LogP contribution in [-0.2, 0) is 16.0 Å². The fraction of sp³-hybridized carbons (Fsp3) is 0.278. The van der Waals surface area contributed by atoms with Gasteiger partial charge in [0, 0.05) is 26.2 Å². The lowest BCUT2D eigenvalue weighted by Gasteiger charge is -2.33. The number of anilines is 2. The number of hydrogen-bond donors (Lipinski definition) is 1. The first-order valence-electron chi connectivity index (χ1n) is 7.99. The number of carbonyl (C=O) groups is 2. The van der Waals surface area contributed by atoms with Crippen LogP contribution in [0.25, 0.3) is 0 Å². The summed E-state index contributed by atoms with van der Waals surface area (Å²) >= 11 is 0. The number of hydrogen-bond acceptors (Lipinski definition) is 4. The van der Waals surface area contributed by atoms with Gasteiger partial charge in [-0.2, -0.15) is 0 Å². The second-order valence-electron chi connectivity index (χ2n) is 5.74. The minimum Gasteiger partial charge on any atom is -0.353 e. The summed E-state index contributed by atoms with van der Waals surface area (Å²) in [7, 11) is 0. The van der Waals surface area contributed by atoms with E-state index < -0.39 is 0 Å². The van der Waals surface area contributed by atoms with Crippen LogP contribution < -0.4 is 10.2 Å². The van der Waals surface area contributed by atoms with E-state index in [4.69, 9.17) is 0 Å². The number of piperazine rings is 1. The van der Waals surface area contributed by atoms with Crippen LogP contribution in [-0.4, -0.2) is 48.4 Å². The third kappa shape index (κ3) is 4.10. The molecule has 6 heteroatoms. The van der Waals surface area contributed by atoms with Gasteiger partial charge in [-0.05, 0) is 17.7 Å². The van der Waals surface area contributed by atoms with E-state index in [2.05, 4.69) is 15.2 Å². The van der Waals surface area contributed by atoms with Gasteiger partial charge in [-0.25, -0.2) is 4.98 Å². The van der Waals surface area contributed by atoms with Gasteiger partial charge in [-0.1, -0.05) is 30.3 Å². The number of rotatable bonds is 5. The average molecular weight is 324 g/mol. The Morgan fingerprint density at radius 1 is 1.08 bits per heavy atom. The molecule has 3 rings (SSSR count). The van der Waals surface area contributed by atoms with Gasteiger partial charge in [0.15, 0.2) is 0 Å². The Kier molecular flexibility index (Phi) is 5.05. The first kappa shape index (κ1) is 16.0. The number of benzene rings is 1. The summed E-state index contributed by atoms with van der Waals surface area (Å²) in [5.74, 6) is 0.803. The highest BCUT2D eigenvalue weighted by Gasteiger charge is 2.16. The van der Waals surface area contributed by atoms with Crippen molar-refractivity contribution in [3.05, 3.63) is 54.2 Å². The lowest BCUT2D eigenvalue weighted by atomic mass is 10.1. The fourth-order valence-corrected chi connectivity index (χ4v) is 2.69. The summed E-state index contributed by atoms with van der Waals surface area (Å²) < 4.78 is 0. The second kappa shape index (κ2) is 7.59. The normalized spacial score (nSPS) is 14.3. The molecule has 0 unspecified atom stereocenters. The molecule has 0 aliphatic carbocycles. The van der Waals surface area contributed by atoms with Gasteiger partial charge in [0.2, 0.25) is 12.3 Å². The number of amides is 2. The predicted molar refractivity (Wildman–Crippen MR) is 92.9 cm³/mol. The molecule has 1 fully saturated rings. The van der Waals surface area contributed by atoms with Gasteiger partial charge >= 0.3 is 0 Å². The molecule has 124 valence electrons. The van der Waals surface area contributed by atoms with Gasteiger partial charge in [0.05, 0.1) is 18.3 Å². The molecule has 2 aromatic rings. The van der Waals surface area contributed by atoms with E-state index in [9.17, 15) is 9.59 Å². The zero-order valence-electron chi connectivity index (χ0n) is 13.4. The smallest absolute Gasteiger partial charge is 0.228 e. The van der Waals surface area contributed by atoms with Crippen LogP contribution in [0.15, 0.2) is 48.7 Å². The molecular formula is C18H20N4O2. The summed E-state index contributed by atoms with van der Waals surface area (Å²) in [6.45, 7) is 2.96. The van der Waals surface area contributed by atoms with Gasteiger partial charge in [-0.3, -0.25) is 9.59 Å². The lowest BCUT2D eigenvalue weighted by Crippen LogP contribution is -2.46. The number of carbonyl (C=O) groups excluding carboxylic acids is 2. The maximum Gasteiger partial charge on any atom is 0.228 e. The molecule has 0 radical (unpaired) electrons. The Bertz CT molecular complexity index is 680. The van der Waals surface area contributed by atoms with E-state index in [1.54, 1.807) is 11.1 Å². The maximum atomic E-state index is 12.0. The lowest BCUT2D eigenvalue weighted by molar-refractivity contribution is -0.118. The molecule has 1 aromatic carbocycles.